The normalized spacial score (nSPS) is 31.7. The first kappa shape index (κ1) is 29.0. The van der Waals surface area contributed by atoms with E-state index in [9.17, 15) is 4.79 Å². The minimum Gasteiger partial charge on any atom is -0.477 e. The third kappa shape index (κ3) is 6.77. The van der Waals surface area contributed by atoms with E-state index < -0.39 is 0 Å². The Morgan fingerprint density at radius 2 is 1.68 bits per heavy atom. The number of ether oxygens (including phenoxy) is 1. The summed E-state index contributed by atoms with van der Waals surface area (Å²) in [6.07, 6.45) is 16.1. The van der Waals surface area contributed by atoms with E-state index in [0.29, 0.717) is 41.8 Å². The quantitative estimate of drug-likeness (QED) is 0.492. The van der Waals surface area contributed by atoms with Gasteiger partial charge in [0.2, 0.25) is 5.88 Å². The van der Waals surface area contributed by atoms with Crippen LogP contribution in [0, 0.1) is 29.6 Å². The molecule has 2 N–H and O–H groups in total. The number of nitrogens with one attached hydrogen (secondary N) is 2. The molecular weight excluding hydrogens is 509 g/mol. The van der Waals surface area contributed by atoms with Crippen molar-refractivity contribution in [2.24, 2.45) is 29.6 Å². The molecule has 6 aliphatic rings. The lowest BCUT2D eigenvalue weighted by Gasteiger charge is -2.54. The van der Waals surface area contributed by atoms with E-state index in [1.807, 2.05) is 4.68 Å². The smallest absolute Gasteiger partial charge is 0.258 e. The zero-order chi connectivity index (χ0) is 23.6. The van der Waals surface area contributed by atoms with Crippen LogP contribution in [0.25, 0.3) is 0 Å². The average Bonchev–Trinajstić information content (AvgIpc) is 3.09. The van der Waals surface area contributed by atoms with Crippen LogP contribution < -0.4 is 15.4 Å². The van der Waals surface area contributed by atoms with Crippen molar-refractivity contribution < 1.29 is 9.53 Å². The summed E-state index contributed by atoms with van der Waals surface area (Å²) in [4.78, 5) is 16.1. The molecule has 7 nitrogen and oxygen atoms in total. The van der Waals surface area contributed by atoms with Crippen LogP contribution in [0.5, 0.6) is 5.88 Å². The van der Waals surface area contributed by atoms with E-state index in [-0.39, 0.29) is 30.7 Å². The molecule has 0 atom stereocenters. The highest BCUT2D eigenvalue weighted by atomic mass is 35.5. The van der Waals surface area contributed by atoms with Gasteiger partial charge in [-0.3, -0.25) is 4.79 Å². The fourth-order valence-corrected chi connectivity index (χ4v) is 8.14. The van der Waals surface area contributed by atoms with Crippen molar-refractivity contribution >= 4 is 30.7 Å². The van der Waals surface area contributed by atoms with Gasteiger partial charge >= 0.3 is 0 Å². The summed E-state index contributed by atoms with van der Waals surface area (Å²) in [5.41, 5.74) is 0.646. The molecule has 1 aromatic heterocycles. The van der Waals surface area contributed by atoms with E-state index in [1.165, 1.54) is 70.6 Å². The second-order valence-corrected chi connectivity index (χ2v) is 12.3. The Hall–Kier alpha value is -1.02. The van der Waals surface area contributed by atoms with Crippen molar-refractivity contribution in [3.05, 3.63) is 11.8 Å². The topological polar surface area (TPSA) is 71.4 Å². The van der Waals surface area contributed by atoms with E-state index >= 15 is 0 Å². The largest absolute Gasteiger partial charge is 0.477 e. The molecule has 2 heterocycles. The molecule has 6 fully saturated rings. The molecule has 9 heteroatoms. The summed E-state index contributed by atoms with van der Waals surface area (Å²) < 4.78 is 8.41. The SMILES string of the molecule is Cl.Cl.O=C(NC1C2CC3CC(C2)CC1C3)c1cnn(CCN2CCCNCC2)c1OCC1CCCCC1. The van der Waals surface area contributed by atoms with Gasteiger partial charge in [0.1, 0.15) is 5.56 Å². The van der Waals surface area contributed by atoms with Crippen LogP contribution >= 0.6 is 24.8 Å². The molecule has 37 heavy (non-hydrogen) atoms. The van der Waals surface area contributed by atoms with Gasteiger partial charge in [-0.2, -0.15) is 5.10 Å². The summed E-state index contributed by atoms with van der Waals surface area (Å²) in [5, 5.41) is 11.7. The molecule has 1 aliphatic heterocycles. The van der Waals surface area contributed by atoms with Gasteiger partial charge in [-0.05, 0) is 94.0 Å². The summed E-state index contributed by atoms with van der Waals surface area (Å²) in [5.74, 6) is 4.51. The average molecular weight is 557 g/mol. The van der Waals surface area contributed by atoms with Crippen LogP contribution in [-0.4, -0.2) is 66.0 Å². The first-order chi connectivity index (χ1) is 17.2. The molecule has 7 rings (SSSR count). The van der Waals surface area contributed by atoms with Crippen LogP contribution in [0.15, 0.2) is 6.20 Å². The Morgan fingerprint density at radius 1 is 0.946 bits per heavy atom. The lowest BCUT2D eigenvalue weighted by molar-refractivity contribution is -0.0120. The zero-order valence-corrected chi connectivity index (χ0v) is 23.9. The third-order valence-corrected chi connectivity index (χ3v) is 9.80. The first-order valence-electron chi connectivity index (χ1n) is 14.7. The number of halogens is 2. The lowest BCUT2D eigenvalue weighted by Crippen LogP contribution is -2.55. The Labute approximate surface area is 235 Å². The van der Waals surface area contributed by atoms with Crippen molar-refractivity contribution in [1.82, 2.24) is 25.3 Å². The molecule has 0 aromatic carbocycles. The minimum atomic E-state index is 0. The second kappa shape index (κ2) is 13.4. The third-order valence-electron chi connectivity index (χ3n) is 9.80. The Kier molecular flexibility index (Phi) is 10.5. The Morgan fingerprint density at radius 3 is 2.41 bits per heavy atom. The van der Waals surface area contributed by atoms with Gasteiger partial charge in [-0.25, -0.2) is 4.68 Å². The molecule has 4 bridgehead atoms. The van der Waals surface area contributed by atoms with Gasteiger partial charge in [0.25, 0.3) is 5.91 Å². The second-order valence-electron chi connectivity index (χ2n) is 12.3. The number of hydrogen-bond donors (Lipinski definition) is 2. The zero-order valence-electron chi connectivity index (χ0n) is 22.2. The first-order valence-corrected chi connectivity index (χ1v) is 14.7. The van der Waals surface area contributed by atoms with Gasteiger partial charge < -0.3 is 20.3 Å². The fourth-order valence-electron chi connectivity index (χ4n) is 8.14. The van der Waals surface area contributed by atoms with Crippen LogP contribution in [0.4, 0.5) is 0 Å². The van der Waals surface area contributed by atoms with Crippen LogP contribution in [0.3, 0.4) is 0 Å². The van der Waals surface area contributed by atoms with Gasteiger partial charge in [0, 0.05) is 25.7 Å². The van der Waals surface area contributed by atoms with Crippen molar-refractivity contribution in [1.29, 1.82) is 0 Å². The summed E-state index contributed by atoms with van der Waals surface area (Å²) in [6.45, 7) is 6.75. The van der Waals surface area contributed by atoms with Gasteiger partial charge in [0.05, 0.1) is 19.3 Å². The van der Waals surface area contributed by atoms with Crippen molar-refractivity contribution in [2.75, 3.05) is 39.3 Å². The maximum absolute atomic E-state index is 13.6. The molecule has 1 amide bonds. The van der Waals surface area contributed by atoms with E-state index in [2.05, 4.69) is 20.6 Å². The number of aromatic nitrogens is 2. The number of carbonyl (C=O) groups is 1. The molecule has 0 spiro atoms. The van der Waals surface area contributed by atoms with Gasteiger partial charge in [0.15, 0.2) is 0 Å². The molecule has 5 aliphatic carbocycles. The number of rotatable bonds is 8. The molecule has 0 radical (unpaired) electrons. The number of nitrogens with zero attached hydrogens (tertiary/aromatic N) is 3. The van der Waals surface area contributed by atoms with Crippen molar-refractivity contribution in [2.45, 2.75) is 83.2 Å². The summed E-state index contributed by atoms with van der Waals surface area (Å²) in [7, 11) is 0. The molecule has 1 saturated heterocycles. The minimum absolute atomic E-state index is 0. The molecule has 0 unspecified atom stereocenters. The maximum Gasteiger partial charge on any atom is 0.258 e. The Bertz CT molecular complexity index is 839. The predicted octanol–water partition coefficient (Wildman–Crippen LogP) is 4.54. The molecule has 5 saturated carbocycles. The highest BCUT2D eigenvalue weighted by Crippen LogP contribution is 2.53. The highest BCUT2D eigenvalue weighted by molar-refractivity contribution is 5.96. The summed E-state index contributed by atoms with van der Waals surface area (Å²) >= 11 is 0. The monoisotopic (exact) mass is 555 g/mol. The van der Waals surface area contributed by atoms with Crippen LogP contribution in [0.1, 0.15) is 81.0 Å². The number of amides is 1. The highest BCUT2D eigenvalue weighted by Gasteiger charge is 2.48. The molecular formula is C28H47Cl2N5O2. The van der Waals surface area contributed by atoms with Gasteiger partial charge in [-0.1, -0.05) is 19.3 Å². The Balaban J connectivity index is 0.00000160. The van der Waals surface area contributed by atoms with E-state index in [0.717, 1.165) is 51.1 Å². The number of carbonyl (C=O) groups excluding carboxylic acids is 1. The van der Waals surface area contributed by atoms with Gasteiger partial charge in [-0.15, -0.1) is 24.8 Å². The fraction of sp³-hybridized carbons (Fsp3) is 0.857. The van der Waals surface area contributed by atoms with E-state index in [4.69, 9.17) is 4.74 Å². The summed E-state index contributed by atoms with van der Waals surface area (Å²) in [6, 6.07) is 0.342. The standard InChI is InChI=1S/C28H45N5O2.2ClH/c34-27(31-26-23-14-21-13-22(16-23)17-24(26)15-21)25-18-30-33(12-11-32-9-4-7-29-8-10-32)28(25)35-19-20-5-2-1-3-6-20;;/h18,20-24,26,29H,1-17,19H2,(H,31,34);2*1H. The van der Waals surface area contributed by atoms with E-state index in [1.54, 1.807) is 6.20 Å². The maximum atomic E-state index is 13.6. The lowest BCUT2D eigenvalue weighted by atomic mass is 9.54. The van der Waals surface area contributed by atoms with Crippen molar-refractivity contribution in [3.8, 4) is 5.88 Å². The van der Waals surface area contributed by atoms with Crippen LogP contribution in [0.2, 0.25) is 0 Å². The number of hydrogen-bond acceptors (Lipinski definition) is 5. The van der Waals surface area contributed by atoms with Crippen molar-refractivity contribution in [3.63, 3.8) is 0 Å². The van der Waals surface area contributed by atoms with Crippen LogP contribution in [-0.2, 0) is 6.54 Å². The molecule has 210 valence electrons. The molecule has 1 aromatic rings. The predicted molar refractivity (Wildman–Crippen MR) is 151 cm³/mol.